The van der Waals surface area contributed by atoms with Crippen molar-refractivity contribution < 1.29 is 4.74 Å². The minimum absolute atomic E-state index is 0.384. The van der Waals surface area contributed by atoms with E-state index in [1.165, 1.54) is 35.6 Å². The van der Waals surface area contributed by atoms with E-state index in [9.17, 15) is 0 Å². The Balaban J connectivity index is 1.75. The molecular weight excluding hydrogens is 234 g/mol. The van der Waals surface area contributed by atoms with E-state index in [0.29, 0.717) is 12.1 Å². The molecule has 0 spiro atoms. The van der Waals surface area contributed by atoms with Gasteiger partial charge in [-0.1, -0.05) is 42.5 Å². The van der Waals surface area contributed by atoms with Crippen LogP contribution in [0.15, 0.2) is 42.5 Å². The Morgan fingerprint density at radius 2 is 1.95 bits per heavy atom. The highest BCUT2D eigenvalue weighted by atomic mass is 16.5. The van der Waals surface area contributed by atoms with Crippen molar-refractivity contribution >= 4 is 10.8 Å². The van der Waals surface area contributed by atoms with Crippen LogP contribution >= 0.6 is 0 Å². The molecule has 0 bridgehead atoms. The van der Waals surface area contributed by atoms with Gasteiger partial charge < -0.3 is 10.1 Å². The van der Waals surface area contributed by atoms with Gasteiger partial charge in [0.05, 0.1) is 6.10 Å². The van der Waals surface area contributed by atoms with Crippen molar-refractivity contribution in [3.8, 4) is 0 Å². The van der Waals surface area contributed by atoms with Crippen molar-refractivity contribution in [2.75, 3.05) is 7.11 Å². The first-order chi connectivity index (χ1) is 9.38. The highest BCUT2D eigenvalue weighted by Crippen LogP contribution is 2.23. The van der Waals surface area contributed by atoms with Crippen LogP contribution in [-0.2, 0) is 11.3 Å². The number of benzene rings is 2. The van der Waals surface area contributed by atoms with Crippen molar-refractivity contribution in [3.63, 3.8) is 0 Å². The molecule has 2 aromatic carbocycles. The van der Waals surface area contributed by atoms with Crippen LogP contribution in [0.5, 0.6) is 0 Å². The minimum atomic E-state index is 0.384. The maximum atomic E-state index is 5.54. The molecule has 0 saturated heterocycles. The fourth-order valence-electron chi connectivity index (χ4n) is 3.13. The molecule has 2 aromatic rings. The first kappa shape index (κ1) is 12.6. The fourth-order valence-corrected chi connectivity index (χ4v) is 3.13. The Labute approximate surface area is 114 Å². The summed E-state index contributed by atoms with van der Waals surface area (Å²) >= 11 is 0. The second-order valence-corrected chi connectivity index (χ2v) is 5.33. The zero-order valence-electron chi connectivity index (χ0n) is 11.4. The van der Waals surface area contributed by atoms with Crippen LogP contribution in [0.2, 0.25) is 0 Å². The maximum absolute atomic E-state index is 5.54. The fraction of sp³-hybridized carbons (Fsp3) is 0.412. The predicted octanol–water partition coefficient (Wildman–Crippen LogP) is 3.50. The van der Waals surface area contributed by atoms with E-state index in [-0.39, 0.29) is 0 Å². The Bertz CT molecular complexity index is 546. The summed E-state index contributed by atoms with van der Waals surface area (Å²) in [4.78, 5) is 0. The van der Waals surface area contributed by atoms with Gasteiger partial charge in [0.2, 0.25) is 0 Å². The van der Waals surface area contributed by atoms with Gasteiger partial charge >= 0.3 is 0 Å². The zero-order valence-corrected chi connectivity index (χ0v) is 11.4. The summed E-state index contributed by atoms with van der Waals surface area (Å²) in [7, 11) is 1.82. The Kier molecular flexibility index (Phi) is 3.81. The normalized spacial score (nSPS) is 23.0. The van der Waals surface area contributed by atoms with Crippen LogP contribution in [0.1, 0.15) is 24.8 Å². The highest BCUT2D eigenvalue weighted by molar-refractivity contribution is 5.85. The number of ether oxygens (including phenoxy) is 1. The van der Waals surface area contributed by atoms with Crippen LogP contribution in [0, 0.1) is 0 Å². The molecule has 19 heavy (non-hydrogen) atoms. The highest BCUT2D eigenvalue weighted by Gasteiger charge is 2.26. The van der Waals surface area contributed by atoms with Gasteiger partial charge in [-0.05, 0) is 35.6 Å². The van der Waals surface area contributed by atoms with E-state index in [2.05, 4.69) is 47.8 Å². The van der Waals surface area contributed by atoms with Crippen molar-refractivity contribution in [2.45, 2.75) is 38.0 Å². The lowest BCUT2D eigenvalue weighted by Crippen LogP contribution is -2.36. The summed E-state index contributed by atoms with van der Waals surface area (Å²) in [5.74, 6) is 0. The number of rotatable bonds is 4. The molecule has 0 radical (unpaired) electrons. The van der Waals surface area contributed by atoms with E-state index in [1.54, 1.807) is 0 Å². The van der Waals surface area contributed by atoms with E-state index >= 15 is 0 Å². The summed E-state index contributed by atoms with van der Waals surface area (Å²) in [5, 5.41) is 6.33. The molecule has 0 heterocycles. The standard InChI is InChI=1S/C17H21NO/c1-19-17-11-5-10-16(17)18-12-14-8-4-7-13-6-2-3-9-15(13)14/h2-4,6-9,16-18H,5,10-12H2,1H3. The van der Waals surface area contributed by atoms with E-state index in [0.717, 1.165) is 6.54 Å². The molecular formula is C17H21NO. The smallest absolute Gasteiger partial charge is 0.0724 e. The van der Waals surface area contributed by atoms with Gasteiger partial charge in [0.25, 0.3) is 0 Å². The molecule has 1 aliphatic rings. The van der Waals surface area contributed by atoms with Crippen LogP contribution in [-0.4, -0.2) is 19.3 Å². The first-order valence-corrected chi connectivity index (χ1v) is 7.11. The Morgan fingerprint density at radius 3 is 2.84 bits per heavy atom. The van der Waals surface area contributed by atoms with E-state index in [4.69, 9.17) is 4.74 Å². The van der Waals surface area contributed by atoms with E-state index in [1.807, 2.05) is 7.11 Å². The lowest BCUT2D eigenvalue weighted by molar-refractivity contribution is 0.0847. The average Bonchev–Trinajstić information content (AvgIpc) is 2.92. The van der Waals surface area contributed by atoms with Crippen LogP contribution in [0.4, 0.5) is 0 Å². The summed E-state index contributed by atoms with van der Waals surface area (Å²) in [6.45, 7) is 0.922. The molecule has 2 unspecified atom stereocenters. The number of nitrogens with one attached hydrogen (secondary N) is 1. The van der Waals surface area contributed by atoms with Crippen molar-refractivity contribution in [1.82, 2.24) is 5.32 Å². The summed E-state index contributed by atoms with van der Waals surface area (Å²) in [6.07, 6.45) is 4.06. The van der Waals surface area contributed by atoms with Gasteiger partial charge in [0, 0.05) is 19.7 Å². The Morgan fingerprint density at radius 1 is 1.11 bits per heavy atom. The Hall–Kier alpha value is -1.38. The molecule has 1 N–H and O–H groups in total. The maximum Gasteiger partial charge on any atom is 0.0724 e. The minimum Gasteiger partial charge on any atom is -0.380 e. The third-order valence-corrected chi connectivity index (χ3v) is 4.19. The van der Waals surface area contributed by atoms with Gasteiger partial charge in [-0.3, -0.25) is 0 Å². The third kappa shape index (κ3) is 2.65. The molecule has 100 valence electrons. The third-order valence-electron chi connectivity index (χ3n) is 4.19. The molecule has 0 aromatic heterocycles. The van der Waals surface area contributed by atoms with Gasteiger partial charge in [0.1, 0.15) is 0 Å². The summed E-state index contributed by atoms with van der Waals surface area (Å²) < 4.78 is 5.54. The quantitative estimate of drug-likeness (QED) is 0.903. The van der Waals surface area contributed by atoms with Gasteiger partial charge in [-0.2, -0.15) is 0 Å². The zero-order chi connectivity index (χ0) is 13.1. The van der Waals surface area contributed by atoms with Gasteiger partial charge in [-0.15, -0.1) is 0 Å². The van der Waals surface area contributed by atoms with Crippen LogP contribution < -0.4 is 5.32 Å². The number of fused-ring (bicyclic) bond motifs is 1. The molecule has 1 saturated carbocycles. The van der Waals surface area contributed by atoms with Crippen LogP contribution in [0.3, 0.4) is 0 Å². The second kappa shape index (κ2) is 5.72. The summed E-state index contributed by atoms with van der Waals surface area (Å²) in [6, 6.07) is 15.6. The molecule has 2 atom stereocenters. The lowest BCUT2D eigenvalue weighted by Gasteiger charge is -2.20. The molecule has 0 amide bonds. The molecule has 0 aliphatic heterocycles. The number of methoxy groups -OCH3 is 1. The lowest BCUT2D eigenvalue weighted by atomic mass is 10.0. The number of hydrogen-bond acceptors (Lipinski definition) is 2. The molecule has 2 nitrogen and oxygen atoms in total. The van der Waals surface area contributed by atoms with Gasteiger partial charge in [0.15, 0.2) is 0 Å². The van der Waals surface area contributed by atoms with Crippen LogP contribution in [0.25, 0.3) is 10.8 Å². The molecule has 2 heteroatoms. The average molecular weight is 255 g/mol. The molecule has 3 rings (SSSR count). The summed E-state index contributed by atoms with van der Waals surface area (Å²) in [5.41, 5.74) is 1.37. The topological polar surface area (TPSA) is 21.3 Å². The SMILES string of the molecule is COC1CCCC1NCc1cccc2ccccc12. The van der Waals surface area contributed by atoms with Crippen molar-refractivity contribution in [1.29, 1.82) is 0 Å². The van der Waals surface area contributed by atoms with Crippen molar-refractivity contribution in [3.05, 3.63) is 48.0 Å². The largest absolute Gasteiger partial charge is 0.380 e. The van der Waals surface area contributed by atoms with Crippen molar-refractivity contribution in [2.24, 2.45) is 0 Å². The second-order valence-electron chi connectivity index (χ2n) is 5.33. The first-order valence-electron chi connectivity index (χ1n) is 7.11. The molecule has 1 fully saturated rings. The van der Waals surface area contributed by atoms with E-state index < -0.39 is 0 Å². The number of hydrogen-bond donors (Lipinski definition) is 1. The predicted molar refractivity (Wildman–Crippen MR) is 79.2 cm³/mol. The monoisotopic (exact) mass is 255 g/mol. The van der Waals surface area contributed by atoms with Gasteiger partial charge in [-0.25, -0.2) is 0 Å². The molecule has 1 aliphatic carbocycles.